The van der Waals surface area contributed by atoms with E-state index in [9.17, 15) is 0 Å². The maximum absolute atomic E-state index is 2.41. The summed E-state index contributed by atoms with van der Waals surface area (Å²) in [7, 11) is 0. The second kappa shape index (κ2) is 13.4. The monoisotopic (exact) mass is 688 g/mol. The number of hydrogen-bond donors (Lipinski definition) is 0. The molecule has 10 aromatic rings. The highest BCUT2D eigenvalue weighted by atomic mass is 15.1. The molecule has 54 heavy (non-hydrogen) atoms. The summed E-state index contributed by atoms with van der Waals surface area (Å²) in [5.74, 6) is 0. The molecule has 0 bridgehead atoms. The average Bonchev–Trinajstić information content (AvgIpc) is 3.58. The van der Waals surface area contributed by atoms with E-state index in [1.165, 1.54) is 60.4 Å². The molecule has 1 heterocycles. The topological polar surface area (TPSA) is 8.17 Å². The van der Waals surface area contributed by atoms with Crippen LogP contribution in [-0.2, 0) is 0 Å². The lowest BCUT2D eigenvalue weighted by molar-refractivity contribution is 1.18. The first kappa shape index (κ1) is 31.6. The van der Waals surface area contributed by atoms with E-state index in [0.29, 0.717) is 0 Å². The maximum atomic E-state index is 2.41. The van der Waals surface area contributed by atoms with Gasteiger partial charge in [0.15, 0.2) is 0 Å². The first-order valence-corrected chi connectivity index (χ1v) is 18.5. The minimum atomic E-state index is 1.11. The molecule has 2 heteroatoms. The molecule has 0 saturated heterocycles. The molecule has 1 aromatic heterocycles. The lowest BCUT2D eigenvalue weighted by atomic mass is 10.0. The van der Waals surface area contributed by atoms with Gasteiger partial charge >= 0.3 is 0 Å². The lowest BCUT2D eigenvalue weighted by Gasteiger charge is -2.27. The van der Waals surface area contributed by atoms with E-state index >= 15 is 0 Å². The van der Waals surface area contributed by atoms with Crippen LogP contribution in [0.25, 0.3) is 71.6 Å². The van der Waals surface area contributed by atoms with E-state index < -0.39 is 0 Å². The van der Waals surface area contributed by atoms with Crippen LogP contribution in [0.4, 0.5) is 17.1 Å². The molecule has 2 nitrogen and oxygen atoms in total. The van der Waals surface area contributed by atoms with Gasteiger partial charge in [-0.1, -0.05) is 164 Å². The standard InChI is InChI=1S/C52H36N2/c1-3-13-37(14-4-1)39-25-30-44(31-26-39)53(50-24-12-18-41-17-7-8-21-47(41)50)46-20-11-19-42(35-46)43-29-34-49-48-22-9-10-23-51(48)54(52(49)36-43)45-32-27-40(28-33-45)38-15-5-2-6-16-38/h1-36H. The molecule has 0 aliphatic carbocycles. The largest absolute Gasteiger partial charge is 0.310 e. The summed E-state index contributed by atoms with van der Waals surface area (Å²) in [5, 5.41) is 4.92. The van der Waals surface area contributed by atoms with Crippen LogP contribution in [0.15, 0.2) is 218 Å². The van der Waals surface area contributed by atoms with E-state index in [1.807, 2.05) is 0 Å². The van der Waals surface area contributed by atoms with E-state index in [1.54, 1.807) is 0 Å². The van der Waals surface area contributed by atoms with Crippen LogP contribution < -0.4 is 4.90 Å². The van der Waals surface area contributed by atoms with E-state index in [0.717, 1.165) is 28.3 Å². The third-order valence-corrected chi connectivity index (χ3v) is 10.6. The van der Waals surface area contributed by atoms with Gasteiger partial charge in [0.05, 0.1) is 16.7 Å². The first-order chi connectivity index (χ1) is 26.8. The highest BCUT2D eigenvalue weighted by molar-refractivity contribution is 6.10. The van der Waals surface area contributed by atoms with Crippen molar-refractivity contribution in [3.8, 4) is 39.1 Å². The van der Waals surface area contributed by atoms with Gasteiger partial charge in [-0.3, -0.25) is 0 Å². The number of rotatable bonds is 7. The Hall–Kier alpha value is -7.16. The van der Waals surface area contributed by atoms with Gasteiger partial charge in [-0.05, 0) is 93.4 Å². The minimum Gasteiger partial charge on any atom is -0.310 e. The number of anilines is 3. The van der Waals surface area contributed by atoms with Crippen LogP contribution in [-0.4, -0.2) is 4.57 Å². The number of fused-ring (bicyclic) bond motifs is 4. The van der Waals surface area contributed by atoms with E-state index in [-0.39, 0.29) is 0 Å². The van der Waals surface area contributed by atoms with Gasteiger partial charge in [0, 0.05) is 33.2 Å². The van der Waals surface area contributed by atoms with Gasteiger partial charge in [0.25, 0.3) is 0 Å². The van der Waals surface area contributed by atoms with Crippen molar-refractivity contribution in [2.75, 3.05) is 4.90 Å². The van der Waals surface area contributed by atoms with Crippen LogP contribution in [0.2, 0.25) is 0 Å². The number of para-hydroxylation sites is 1. The second-order valence-corrected chi connectivity index (χ2v) is 13.8. The predicted octanol–water partition coefficient (Wildman–Crippen LogP) is 14.4. The molecule has 0 aliphatic heterocycles. The predicted molar refractivity (Wildman–Crippen MR) is 229 cm³/mol. The van der Waals surface area contributed by atoms with Crippen molar-refractivity contribution < 1.29 is 0 Å². The zero-order valence-corrected chi connectivity index (χ0v) is 29.7. The van der Waals surface area contributed by atoms with Crippen molar-refractivity contribution in [3.05, 3.63) is 218 Å². The second-order valence-electron chi connectivity index (χ2n) is 13.8. The molecular formula is C52H36N2. The quantitative estimate of drug-likeness (QED) is 0.162. The van der Waals surface area contributed by atoms with E-state index in [4.69, 9.17) is 0 Å². The SMILES string of the molecule is c1ccc(-c2ccc(N(c3cccc(-c4ccc5c6ccccc6n(-c6ccc(-c7ccccc7)cc6)c5c4)c3)c3cccc4ccccc34)cc2)cc1. The Morgan fingerprint density at radius 3 is 1.56 bits per heavy atom. The zero-order chi connectivity index (χ0) is 35.8. The van der Waals surface area contributed by atoms with Crippen molar-refractivity contribution in [2.24, 2.45) is 0 Å². The molecule has 0 aliphatic rings. The number of aromatic nitrogens is 1. The van der Waals surface area contributed by atoms with Gasteiger partial charge in [-0.2, -0.15) is 0 Å². The van der Waals surface area contributed by atoms with Crippen molar-refractivity contribution in [3.63, 3.8) is 0 Å². The van der Waals surface area contributed by atoms with Crippen LogP contribution in [0, 0.1) is 0 Å². The molecule has 10 rings (SSSR count). The Labute approximate surface area is 315 Å². The smallest absolute Gasteiger partial charge is 0.0547 e. The fourth-order valence-corrected chi connectivity index (χ4v) is 7.95. The molecule has 9 aromatic carbocycles. The highest BCUT2D eigenvalue weighted by Gasteiger charge is 2.18. The molecule has 0 fully saturated rings. The Bertz CT molecular complexity index is 2900. The van der Waals surface area contributed by atoms with Crippen molar-refractivity contribution in [1.29, 1.82) is 0 Å². The third kappa shape index (κ3) is 5.62. The number of nitrogens with zero attached hydrogens (tertiary/aromatic N) is 2. The van der Waals surface area contributed by atoms with Gasteiger partial charge in [0.1, 0.15) is 0 Å². The summed E-state index contributed by atoms with van der Waals surface area (Å²) in [4.78, 5) is 2.39. The summed E-state index contributed by atoms with van der Waals surface area (Å²) < 4.78 is 2.41. The Kier molecular flexibility index (Phi) is 7.85. The molecule has 0 N–H and O–H groups in total. The molecule has 0 saturated carbocycles. The van der Waals surface area contributed by atoms with Crippen LogP contribution in [0.1, 0.15) is 0 Å². The molecule has 0 spiro atoms. The third-order valence-electron chi connectivity index (χ3n) is 10.6. The van der Waals surface area contributed by atoms with Gasteiger partial charge < -0.3 is 9.47 Å². The van der Waals surface area contributed by atoms with Crippen molar-refractivity contribution >= 4 is 49.6 Å². The van der Waals surface area contributed by atoms with Crippen molar-refractivity contribution in [2.45, 2.75) is 0 Å². The number of hydrogen-bond acceptors (Lipinski definition) is 1. The summed E-state index contributed by atoms with van der Waals surface area (Å²) >= 11 is 0. The Morgan fingerprint density at radius 1 is 0.296 bits per heavy atom. The molecule has 0 unspecified atom stereocenters. The minimum absolute atomic E-state index is 1.11. The molecule has 0 radical (unpaired) electrons. The first-order valence-electron chi connectivity index (χ1n) is 18.5. The van der Waals surface area contributed by atoms with Crippen molar-refractivity contribution in [1.82, 2.24) is 4.57 Å². The maximum Gasteiger partial charge on any atom is 0.0547 e. The Morgan fingerprint density at radius 2 is 0.815 bits per heavy atom. The van der Waals surface area contributed by atoms with Gasteiger partial charge in [0.2, 0.25) is 0 Å². The van der Waals surface area contributed by atoms with Crippen LogP contribution >= 0.6 is 0 Å². The average molecular weight is 689 g/mol. The van der Waals surface area contributed by atoms with Crippen LogP contribution in [0.3, 0.4) is 0 Å². The van der Waals surface area contributed by atoms with Gasteiger partial charge in [-0.25, -0.2) is 0 Å². The number of benzene rings is 9. The molecule has 0 atom stereocenters. The Balaban J connectivity index is 1.10. The molecule has 0 amide bonds. The lowest BCUT2D eigenvalue weighted by Crippen LogP contribution is -2.10. The fraction of sp³-hybridized carbons (Fsp3) is 0. The molecular weight excluding hydrogens is 653 g/mol. The van der Waals surface area contributed by atoms with E-state index in [2.05, 4.69) is 228 Å². The summed E-state index contributed by atoms with van der Waals surface area (Å²) in [6.45, 7) is 0. The summed E-state index contributed by atoms with van der Waals surface area (Å²) in [5.41, 5.74) is 14.1. The summed E-state index contributed by atoms with van der Waals surface area (Å²) in [6, 6.07) is 78.9. The summed E-state index contributed by atoms with van der Waals surface area (Å²) in [6.07, 6.45) is 0. The fourth-order valence-electron chi connectivity index (χ4n) is 7.95. The van der Waals surface area contributed by atoms with Gasteiger partial charge in [-0.15, -0.1) is 0 Å². The van der Waals surface area contributed by atoms with Crippen LogP contribution in [0.5, 0.6) is 0 Å². The zero-order valence-electron chi connectivity index (χ0n) is 29.7. The highest BCUT2D eigenvalue weighted by Crippen LogP contribution is 2.42. The normalized spacial score (nSPS) is 11.3. The molecule has 254 valence electrons.